The number of hydrogen-bond donors (Lipinski definition) is 0. The summed E-state index contributed by atoms with van der Waals surface area (Å²) in [6.07, 6.45) is 0. The van der Waals surface area contributed by atoms with Gasteiger partial charge in [0.25, 0.3) is 0 Å². The lowest BCUT2D eigenvalue weighted by atomic mass is 10.2. The van der Waals surface area contributed by atoms with E-state index in [1.165, 1.54) is 0 Å². The Kier molecular flexibility index (Phi) is 3.85. The molecule has 0 aliphatic heterocycles. The lowest BCUT2D eigenvalue weighted by Crippen LogP contribution is -2.01. The van der Waals surface area contributed by atoms with Crippen molar-refractivity contribution in [1.29, 1.82) is 0 Å². The molecule has 0 amide bonds. The standard InChI is InChI=1S/C15H12ClIN2O/c1-20-10-6-7-14-12(8-10)18-15(9-16)19(14)13-5-3-2-4-11(13)17/h2-8H,9H2,1H3. The van der Waals surface area contributed by atoms with Crippen LogP contribution in [0.5, 0.6) is 5.75 Å². The number of alkyl halides is 1. The van der Waals surface area contributed by atoms with E-state index in [1.54, 1.807) is 7.11 Å². The minimum Gasteiger partial charge on any atom is -0.497 e. The Morgan fingerprint density at radius 2 is 2.05 bits per heavy atom. The van der Waals surface area contributed by atoms with Crippen LogP contribution < -0.4 is 4.74 Å². The normalized spacial score (nSPS) is 10.9. The predicted molar refractivity (Wildman–Crippen MR) is 89.9 cm³/mol. The third-order valence-corrected chi connectivity index (χ3v) is 4.30. The van der Waals surface area contributed by atoms with Gasteiger partial charge in [-0.1, -0.05) is 12.1 Å². The van der Waals surface area contributed by atoms with Gasteiger partial charge in [-0.3, -0.25) is 4.57 Å². The van der Waals surface area contributed by atoms with Crippen molar-refractivity contribution in [3.8, 4) is 11.4 Å². The lowest BCUT2D eigenvalue weighted by molar-refractivity contribution is 0.415. The van der Waals surface area contributed by atoms with Gasteiger partial charge in [0, 0.05) is 9.64 Å². The van der Waals surface area contributed by atoms with Crippen LogP contribution in [0.15, 0.2) is 42.5 Å². The number of nitrogens with zero attached hydrogens (tertiary/aromatic N) is 2. The van der Waals surface area contributed by atoms with Gasteiger partial charge in [-0.05, 0) is 46.9 Å². The summed E-state index contributed by atoms with van der Waals surface area (Å²) in [4.78, 5) is 4.60. The van der Waals surface area contributed by atoms with Crippen molar-refractivity contribution in [2.45, 2.75) is 5.88 Å². The molecule has 0 fully saturated rings. The van der Waals surface area contributed by atoms with Gasteiger partial charge in [-0.2, -0.15) is 0 Å². The van der Waals surface area contributed by atoms with E-state index < -0.39 is 0 Å². The summed E-state index contributed by atoms with van der Waals surface area (Å²) in [7, 11) is 1.65. The molecule has 0 aliphatic rings. The quantitative estimate of drug-likeness (QED) is 0.484. The zero-order valence-electron chi connectivity index (χ0n) is 10.8. The van der Waals surface area contributed by atoms with Crippen molar-refractivity contribution >= 4 is 45.2 Å². The second-order valence-corrected chi connectivity index (χ2v) is 5.73. The molecule has 20 heavy (non-hydrogen) atoms. The van der Waals surface area contributed by atoms with Crippen LogP contribution in [0.1, 0.15) is 5.82 Å². The Hall–Kier alpha value is -1.27. The zero-order chi connectivity index (χ0) is 14.1. The van der Waals surface area contributed by atoms with E-state index in [0.717, 1.165) is 31.9 Å². The van der Waals surface area contributed by atoms with E-state index in [1.807, 2.05) is 30.3 Å². The van der Waals surface area contributed by atoms with Crippen molar-refractivity contribution in [2.75, 3.05) is 7.11 Å². The van der Waals surface area contributed by atoms with Crippen LogP contribution in [-0.2, 0) is 5.88 Å². The highest BCUT2D eigenvalue weighted by Crippen LogP contribution is 2.28. The van der Waals surface area contributed by atoms with E-state index in [9.17, 15) is 0 Å². The van der Waals surface area contributed by atoms with Gasteiger partial charge in [-0.25, -0.2) is 4.98 Å². The molecule has 0 radical (unpaired) electrons. The minimum absolute atomic E-state index is 0.363. The highest BCUT2D eigenvalue weighted by Gasteiger charge is 2.14. The first-order valence-electron chi connectivity index (χ1n) is 6.11. The van der Waals surface area contributed by atoms with Crippen LogP contribution in [0.2, 0.25) is 0 Å². The lowest BCUT2D eigenvalue weighted by Gasteiger charge is -2.10. The second kappa shape index (κ2) is 5.61. The maximum absolute atomic E-state index is 6.06. The van der Waals surface area contributed by atoms with Gasteiger partial charge in [0.2, 0.25) is 0 Å². The fraction of sp³-hybridized carbons (Fsp3) is 0.133. The number of rotatable bonds is 3. The Labute approximate surface area is 135 Å². The molecule has 3 rings (SSSR count). The molecule has 0 spiro atoms. The summed E-state index contributed by atoms with van der Waals surface area (Å²) in [5.74, 6) is 1.99. The average molecular weight is 399 g/mol. The molecule has 3 nitrogen and oxygen atoms in total. The largest absolute Gasteiger partial charge is 0.497 e. The first-order valence-corrected chi connectivity index (χ1v) is 7.72. The molecule has 0 N–H and O–H groups in total. The fourth-order valence-corrected chi connectivity index (χ4v) is 3.04. The Bertz CT molecular complexity index is 770. The summed E-state index contributed by atoms with van der Waals surface area (Å²) >= 11 is 8.39. The molecular formula is C15H12ClIN2O. The Morgan fingerprint density at radius 1 is 1.25 bits per heavy atom. The third kappa shape index (κ3) is 2.27. The summed E-state index contributed by atoms with van der Waals surface area (Å²) in [6.45, 7) is 0. The topological polar surface area (TPSA) is 27.1 Å². The van der Waals surface area contributed by atoms with Crippen LogP contribution in [0, 0.1) is 3.57 Å². The number of imidazole rings is 1. The van der Waals surface area contributed by atoms with Crippen molar-refractivity contribution in [3.05, 3.63) is 51.9 Å². The predicted octanol–water partition coefficient (Wildman–Crippen LogP) is 4.38. The fourth-order valence-electron chi connectivity index (χ4n) is 2.23. The molecule has 0 atom stereocenters. The minimum atomic E-state index is 0.363. The molecule has 1 heterocycles. The molecule has 0 aliphatic carbocycles. The molecular weight excluding hydrogens is 387 g/mol. The molecule has 0 saturated carbocycles. The second-order valence-electron chi connectivity index (χ2n) is 4.30. The smallest absolute Gasteiger partial charge is 0.129 e. The Morgan fingerprint density at radius 3 is 2.75 bits per heavy atom. The number of benzene rings is 2. The van der Waals surface area contributed by atoms with Crippen molar-refractivity contribution in [3.63, 3.8) is 0 Å². The van der Waals surface area contributed by atoms with Crippen LogP contribution in [0.3, 0.4) is 0 Å². The first kappa shape index (κ1) is 13.7. The number of fused-ring (bicyclic) bond motifs is 1. The Balaban J connectivity index is 2.31. The molecule has 0 saturated heterocycles. The monoisotopic (exact) mass is 398 g/mol. The number of halogens is 2. The number of methoxy groups -OCH3 is 1. The average Bonchev–Trinajstić information content (AvgIpc) is 2.85. The molecule has 5 heteroatoms. The molecule has 102 valence electrons. The van der Waals surface area contributed by atoms with Gasteiger partial charge < -0.3 is 4.74 Å². The number of hydrogen-bond acceptors (Lipinski definition) is 2. The highest BCUT2D eigenvalue weighted by molar-refractivity contribution is 14.1. The summed E-state index contributed by atoms with van der Waals surface area (Å²) in [5, 5.41) is 0. The van der Waals surface area contributed by atoms with Gasteiger partial charge in [-0.15, -0.1) is 11.6 Å². The van der Waals surface area contributed by atoms with Gasteiger partial charge >= 0.3 is 0 Å². The number of aromatic nitrogens is 2. The van der Waals surface area contributed by atoms with Gasteiger partial charge in [0.15, 0.2) is 0 Å². The molecule has 3 aromatic rings. The van der Waals surface area contributed by atoms with E-state index >= 15 is 0 Å². The van der Waals surface area contributed by atoms with Crippen molar-refractivity contribution < 1.29 is 4.74 Å². The van der Waals surface area contributed by atoms with Crippen molar-refractivity contribution in [2.24, 2.45) is 0 Å². The van der Waals surface area contributed by atoms with Crippen molar-refractivity contribution in [1.82, 2.24) is 9.55 Å². The summed E-state index contributed by atoms with van der Waals surface area (Å²) in [5.41, 5.74) is 3.02. The highest BCUT2D eigenvalue weighted by atomic mass is 127. The van der Waals surface area contributed by atoms with E-state index in [2.05, 4.69) is 44.3 Å². The molecule has 1 aromatic heterocycles. The van der Waals surface area contributed by atoms with Gasteiger partial charge in [0.05, 0.1) is 29.7 Å². The van der Waals surface area contributed by atoms with Gasteiger partial charge in [0.1, 0.15) is 11.6 Å². The molecule has 2 aromatic carbocycles. The van der Waals surface area contributed by atoms with Crippen LogP contribution in [0.25, 0.3) is 16.7 Å². The zero-order valence-corrected chi connectivity index (χ0v) is 13.7. The van der Waals surface area contributed by atoms with Crippen LogP contribution >= 0.6 is 34.2 Å². The van der Waals surface area contributed by atoms with Crippen LogP contribution in [0.4, 0.5) is 0 Å². The molecule has 0 unspecified atom stereocenters. The maximum Gasteiger partial charge on any atom is 0.129 e. The van der Waals surface area contributed by atoms with Crippen LogP contribution in [-0.4, -0.2) is 16.7 Å². The summed E-state index contributed by atoms with van der Waals surface area (Å²) in [6, 6.07) is 14.1. The number of ether oxygens (including phenoxy) is 1. The SMILES string of the molecule is COc1ccc2c(c1)nc(CCl)n2-c1ccccc1I. The maximum atomic E-state index is 6.06. The third-order valence-electron chi connectivity index (χ3n) is 3.14. The van der Waals surface area contributed by atoms with E-state index in [4.69, 9.17) is 16.3 Å². The first-order chi connectivity index (χ1) is 9.74. The summed E-state index contributed by atoms with van der Waals surface area (Å²) < 4.78 is 8.51. The van der Waals surface area contributed by atoms with E-state index in [0.29, 0.717) is 5.88 Å². The number of para-hydroxylation sites is 1. The molecule has 0 bridgehead atoms. The van der Waals surface area contributed by atoms with E-state index in [-0.39, 0.29) is 0 Å².